The maximum Gasteiger partial charge on any atom is 0.339 e. The number of phenolic OH excluding ortho intramolecular Hbond substituents is 1. The topological polar surface area (TPSA) is 92.4 Å². The van der Waals surface area contributed by atoms with E-state index in [9.17, 15) is 14.7 Å². The molecule has 2 heterocycles. The minimum absolute atomic E-state index is 0.0358. The van der Waals surface area contributed by atoms with Crippen LogP contribution in [0.25, 0.3) is 11.0 Å². The number of hydrogen-bond acceptors (Lipinski definition) is 5. The lowest BCUT2D eigenvalue weighted by molar-refractivity contribution is -0.116. The zero-order valence-electron chi connectivity index (χ0n) is 13.1. The molecule has 0 aliphatic heterocycles. The van der Waals surface area contributed by atoms with Crippen molar-refractivity contribution in [3.8, 4) is 5.75 Å². The van der Waals surface area contributed by atoms with Crippen molar-refractivity contribution in [3.63, 3.8) is 0 Å². The number of carbonyl (C=O) groups is 1. The molecule has 0 radical (unpaired) electrons. The number of hydrogen-bond donors (Lipinski definition) is 2. The standard InChI is InChI=1S/C18H16N2O4/c1-11-14-5-4-13(21)9-16(14)24-18(23)15(11)6-7-17(22)20-12-3-2-8-19-10-12/h2-5,8-10,21H,6-7H2,1H3,(H,20,22). The molecule has 3 rings (SSSR count). The molecule has 1 aromatic carbocycles. The first-order chi connectivity index (χ1) is 11.5. The second-order valence-electron chi connectivity index (χ2n) is 5.46. The van der Waals surface area contributed by atoms with Crippen LogP contribution in [0.1, 0.15) is 17.5 Å². The van der Waals surface area contributed by atoms with Crippen molar-refractivity contribution >= 4 is 22.6 Å². The summed E-state index contributed by atoms with van der Waals surface area (Å²) in [6.07, 6.45) is 3.61. The number of aromatic nitrogens is 1. The number of amides is 1. The summed E-state index contributed by atoms with van der Waals surface area (Å²) < 4.78 is 5.25. The van der Waals surface area contributed by atoms with Crippen LogP contribution in [0.4, 0.5) is 5.69 Å². The summed E-state index contributed by atoms with van der Waals surface area (Å²) in [7, 11) is 0. The van der Waals surface area contributed by atoms with Crippen LogP contribution in [0, 0.1) is 6.92 Å². The Morgan fingerprint density at radius 1 is 1.33 bits per heavy atom. The molecule has 0 aliphatic rings. The fourth-order valence-electron chi connectivity index (χ4n) is 2.57. The minimum Gasteiger partial charge on any atom is -0.508 e. The molecule has 2 N–H and O–H groups in total. The molecular weight excluding hydrogens is 308 g/mol. The van der Waals surface area contributed by atoms with Crippen molar-refractivity contribution in [1.82, 2.24) is 4.98 Å². The Kier molecular flexibility index (Phi) is 4.29. The average molecular weight is 324 g/mol. The van der Waals surface area contributed by atoms with Gasteiger partial charge in [0.15, 0.2) is 0 Å². The number of aromatic hydroxyl groups is 1. The van der Waals surface area contributed by atoms with Crippen molar-refractivity contribution in [2.45, 2.75) is 19.8 Å². The molecule has 1 amide bonds. The molecule has 0 fully saturated rings. The van der Waals surface area contributed by atoms with Gasteiger partial charge in [0.1, 0.15) is 11.3 Å². The summed E-state index contributed by atoms with van der Waals surface area (Å²) in [6.45, 7) is 1.81. The Hall–Kier alpha value is -3.15. The second kappa shape index (κ2) is 6.54. The van der Waals surface area contributed by atoms with Gasteiger partial charge in [-0.3, -0.25) is 9.78 Å². The van der Waals surface area contributed by atoms with Gasteiger partial charge in [0.05, 0.1) is 11.9 Å². The highest BCUT2D eigenvalue weighted by Crippen LogP contribution is 2.23. The maximum absolute atomic E-state index is 12.1. The number of carbonyl (C=O) groups excluding carboxylic acids is 1. The van der Waals surface area contributed by atoms with Crippen LogP contribution in [0.3, 0.4) is 0 Å². The molecule has 0 saturated heterocycles. The Morgan fingerprint density at radius 2 is 2.17 bits per heavy atom. The first-order valence-electron chi connectivity index (χ1n) is 7.50. The van der Waals surface area contributed by atoms with Crippen molar-refractivity contribution in [2.24, 2.45) is 0 Å². The highest BCUT2D eigenvalue weighted by atomic mass is 16.4. The largest absolute Gasteiger partial charge is 0.508 e. The number of fused-ring (bicyclic) bond motifs is 1. The molecule has 0 spiro atoms. The summed E-state index contributed by atoms with van der Waals surface area (Å²) in [4.78, 5) is 28.1. The normalized spacial score (nSPS) is 10.7. The van der Waals surface area contributed by atoms with Crippen LogP contribution in [0.15, 0.2) is 51.9 Å². The van der Waals surface area contributed by atoms with E-state index in [0.29, 0.717) is 16.8 Å². The lowest BCUT2D eigenvalue weighted by atomic mass is 10.0. The van der Waals surface area contributed by atoms with Crippen molar-refractivity contribution in [2.75, 3.05) is 5.32 Å². The summed E-state index contributed by atoms with van der Waals surface area (Å²) in [5, 5.41) is 13.0. The summed E-state index contributed by atoms with van der Waals surface area (Å²) in [6, 6.07) is 8.11. The van der Waals surface area contributed by atoms with Crippen LogP contribution < -0.4 is 10.9 Å². The van der Waals surface area contributed by atoms with E-state index in [1.165, 1.54) is 12.1 Å². The van der Waals surface area contributed by atoms with E-state index in [1.54, 1.807) is 30.6 Å². The molecule has 0 unspecified atom stereocenters. The number of nitrogens with zero attached hydrogens (tertiary/aromatic N) is 1. The van der Waals surface area contributed by atoms with Crippen LogP contribution in [0.2, 0.25) is 0 Å². The van der Waals surface area contributed by atoms with E-state index in [0.717, 1.165) is 10.9 Å². The molecule has 0 aliphatic carbocycles. The number of pyridine rings is 1. The van der Waals surface area contributed by atoms with Crippen LogP contribution >= 0.6 is 0 Å². The van der Waals surface area contributed by atoms with Crippen LogP contribution in [0.5, 0.6) is 5.75 Å². The average Bonchev–Trinajstić information content (AvgIpc) is 2.55. The zero-order chi connectivity index (χ0) is 17.1. The van der Waals surface area contributed by atoms with Gasteiger partial charge in [-0.05, 0) is 43.2 Å². The van der Waals surface area contributed by atoms with Gasteiger partial charge >= 0.3 is 5.63 Å². The number of aryl methyl sites for hydroxylation is 1. The summed E-state index contributed by atoms with van der Waals surface area (Å²) >= 11 is 0. The van der Waals surface area contributed by atoms with Gasteiger partial charge in [-0.1, -0.05) is 0 Å². The Labute approximate surface area is 137 Å². The Bertz CT molecular complexity index is 948. The van der Waals surface area contributed by atoms with E-state index in [-0.39, 0.29) is 24.5 Å². The lowest BCUT2D eigenvalue weighted by Crippen LogP contribution is -2.16. The molecule has 0 bridgehead atoms. The lowest BCUT2D eigenvalue weighted by Gasteiger charge is -2.08. The molecule has 0 atom stereocenters. The third-order valence-electron chi connectivity index (χ3n) is 3.82. The number of rotatable bonds is 4. The number of anilines is 1. The second-order valence-corrected chi connectivity index (χ2v) is 5.46. The SMILES string of the molecule is Cc1c(CCC(=O)Nc2cccnc2)c(=O)oc2cc(O)ccc12. The van der Waals surface area contributed by atoms with Gasteiger partial charge in [0, 0.05) is 29.6 Å². The van der Waals surface area contributed by atoms with Gasteiger partial charge in [-0.15, -0.1) is 0 Å². The fourth-order valence-corrected chi connectivity index (χ4v) is 2.57. The smallest absolute Gasteiger partial charge is 0.339 e. The maximum atomic E-state index is 12.1. The molecule has 6 nitrogen and oxygen atoms in total. The predicted molar refractivity (Wildman–Crippen MR) is 90.1 cm³/mol. The van der Waals surface area contributed by atoms with E-state index >= 15 is 0 Å². The molecule has 3 aromatic rings. The van der Waals surface area contributed by atoms with Gasteiger partial charge in [-0.25, -0.2) is 4.79 Å². The number of benzene rings is 1. The predicted octanol–water partition coefficient (Wildman–Crippen LogP) is 2.77. The highest BCUT2D eigenvalue weighted by molar-refractivity contribution is 5.90. The Balaban J connectivity index is 1.79. The molecule has 122 valence electrons. The number of phenols is 1. The molecule has 24 heavy (non-hydrogen) atoms. The van der Waals surface area contributed by atoms with Crippen molar-refractivity contribution in [1.29, 1.82) is 0 Å². The van der Waals surface area contributed by atoms with Crippen LogP contribution in [-0.2, 0) is 11.2 Å². The highest BCUT2D eigenvalue weighted by Gasteiger charge is 2.13. The number of nitrogens with one attached hydrogen (secondary N) is 1. The Morgan fingerprint density at radius 3 is 2.92 bits per heavy atom. The van der Waals surface area contributed by atoms with Gasteiger partial charge in [0.2, 0.25) is 5.91 Å². The molecule has 0 saturated carbocycles. The van der Waals surface area contributed by atoms with Gasteiger partial charge in [0.25, 0.3) is 0 Å². The molecule has 6 heteroatoms. The third kappa shape index (κ3) is 3.27. The van der Waals surface area contributed by atoms with Gasteiger partial charge in [-0.2, -0.15) is 0 Å². The summed E-state index contributed by atoms with van der Waals surface area (Å²) in [5.41, 5.74) is 1.69. The van der Waals surface area contributed by atoms with Crippen molar-refractivity contribution in [3.05, 3.63) is 64.3 Å². The third-order valence-corrected chi connectivity index (χ3v) is 3.82. The molecular formula is C18H16N2O4. The van der Waals surface area contributed by atoms with Crippen LogP contribution in [-0.4, -0.2) is 16.0 Å². The minimum atomic E-state index is -0.486. The van der Waals surface area contributed by atoms with Gasteiger partial charge < -0.3 is 14.8 Å². The monoisotopic (exact) mass is 324 g/mol. The van der Waals surface area contributed by atoms with E-state index in [1.807, 2.05) is 6.92 Å². The summed E-state index contributed by atoms with van der Waals surface area (Å²) in [5.74, 6) is -0.166. The van der Waals surface area contributed by atoms with E-state index in [4.69, 9.17) is 4.42 Å². The first-order valence-corrected chi connectivity index (χ1v) is 7.50. The zero-order valence-corrected chi connectivity index (χ0v) is 13.1. The van der Waals surface area contributed by atoms with E-state index < -0.39 is 5.63 Å². The first kappa shape index (κ1) is 15.7. The fraction of sp³-hybridized carbons (Fsp3) is 0.167. The van der Waals surface area contributed by atoms with Crippen molar-refractivity contribution < 1.29 is 14.3 Å². The quantitative estimate of drug-likeness (QED) is 0.720. The van der Waals surface area contributed by atoms with E-state index in [2.05, 4.69) is 10.3 Å². The molecule has 2 aromatic heterocycles.